The third-order valence-electron chi connectivity index (χ3n) is 5.16. The van der Waals surface area contributed by atoms with Crippen LogP contribution in [-0.2, 0) is 0 Å². The van der Waals surface area contributed by atoms with Crippen LogP contribution in [-0.4, -0.2) is 0 Å². The van der Waals surface area contributed by atoms with Crippen molar-refractivity contribution in [2.75, 3.05) is 0 Å². The van der Waals surface area contributed by atoms with E-state index in [-0.39, 0.29) is 0 Å². The minimum Gasteiger partial charge on any atom is -0.0616 e. The highest BCUT2D eigenvalue weighted by molar-refractivity contribution is 14.1. The molecule has 0 spiro atoms. The lowest BCUT2D eigenvalue weighted by Gasteiger charge is -2.14. The van der Waals surface area contributed by atoms with Gasteiger partial charge in [-0.05, 0) is 66.4 Å². The van der Waals surface area contributed by atoms with Crippen LogP contribution < -0.4 is 0 Å². The Morgan fingerprint density at radius 2 is 0.741 bits per heavy atom. The molecule has 1 heteroatoms. The second kappa shape index (κ2) is 6.82. The third kappa shape index (κ3) is 2.83. The van der Waals surface area contributed by atoms with Gasteiger partial charge >= 0.3 is 0 Å². The van der Waals surface area contributed by atoms with Crippen LogP contribution in [0.25, 0.3) is 43.8 Å². The third-order valence-corrected chi connectivity index (χ3v) is 6.32. The predicted octanol–water partition coefficient (Wildman–Crippen LogP) is 7.93. The van der Waals surface area contributed by atoms with E-state index < -0.39 is 0 Å². The first kappa shape index (κ1) is 16.5. The Morgan fingerprint density at radius 1 is 0.370 bits per heavy atom. The van der Waals surface area contributed by atoms with Crippen molar-refractivity contribution in [3.05, 3.63) is 107 Å². The summed E-state index contributed by atoms with van der Waals surface area (Å²) in [4.78, 5) is 0. The van der Waals surface area contributed by atoms with E-state index in [4.69, 9.17) is 0 Å². The second-order valence-corrected chi connectivity index (χ2v) is 7.80. The summed E-state index contributed by atoms with van der Waals surface area (Å²) in [6.45, 7) is 0. The average Bonchev–Trinajstić information content (AvgIpc) is 2.73. The molecule has 0 aliphatic heterocycles. The molecule has 0 nitrogen and oxygen atoms in total. The number of rotatable bonds is 2. The summed E-state index contributed by atoms with van der Waals surface area (Å²) in [5.41, 5.74) is 5.16. The Morgan fingerprint density at radius 3 is 1.26 bits per heavy atom. The van der Waals surface area contributed by atoms with Gasteiger partial charge in [0.25, 0.3) is 0 Å². The van der Waals surface area contributed by atoms with Crippen molar-refractivity contribution >= 4 is 44.1 Å². The van der Waals surface area contributed by atoms with E-state index in [0.29, 0.717) is 0 Å². The van der Waals surface area contributed by atoms with Gasteiger partial charge in [0, 0.05) is 3.57 Å². The molecule has 0 fully saturated rings. The Bertz CT molecular complexity index is 1180. The fourth-order valence-corrected chi connectivity index (χ4v) is 4.81. The summed E-state index contributed by atoms with van der Waals surface area (Å²) in [7, 11) is 0. The first-order valence-electron chi connectivity index (χ1n) is 9.08. The van der Waals surface area contributed by atoms with Gasteiger partial charge < -0.3 is 0 Å². The standard InChI is InChI=1S/C26H17I/c27-26-24(22-14-5-10-18-8-1-3-12-20(18)22)16-7-17-25(26)23-15-6-11-19-9-2-4-13-21(19)23/h1-17H. The first-order valence-corrected chi connectivity index (χ1v) is 10.2. The lowest BCUT2D eigenvalue weighted by molar-refractivity contribution is 1.58. The van der Waals surface area contributed by atoms with Crippen LogP contribution in [0.15, 0.2) is 103 Å². The summed E-state index contributed by atoms with van der Waals surface area (Å²) < 4.78 is 1.29. The molecule has 128 valence electrons. The van der Waals surface area contributed by atoms with Gasteiger partial charge in [0.15, 0.2) is 0 Å². The topological polar surface area (TPSA) is 0 Å². The largest absolute Gasteiger partial charge is 0.0616 e. The number of halogens is 1. The molecule has 0 N–H and O–H groups in total. The highest BCUT2D eigenvalue weighted by Crippen LogP contribution is 2.38. The fourth-order valence-electron chi connectivity index (χ4n) is 3.87. The Kier molecular flexibility index (Phi) is 4.17. The molecule has 5 aromatic rings. The SMILES string of the molecule is Ic1c(-c2cccc3ccccc23)cccc1-c1cccc2ccccc12. The van der Waals surface area contributed by atoms with E-state index in [1.807, 2.05) is 0 Å². The molecule has 0 aliphatic carbocycles. The summed E-state index contributed by atoms with van der Waals surface area (Å²) >= 11 is 2.51. The van der Waals surface area contributed by atoms with E-state index in [1.165, 1.54) is 47.4 Å². The zero-order valence-electron chi connectivity index (χ0n) is 14.7. The quantitative estimate of drug-likeness (QED) is 0.237. The highest BCUT2D eigenvalue weighted by atomic mass is 127. The van der Waals surface area contributed by atoms with Crippen LogP contribution in [0.1, 0.15) is 0 Å². The molecule has 0 saturated heterocycles. The molecule has 0 aliphatic rings. The summed E-state index contributed by atoms with van der Waals surface area (Å²) in [5, 5.41) is 5.16. The van der Waals surface area contributed by atoms with Crippen LogP contribution in [0.5, 0.6) is 0 Å². The van der Waals surface area contributed by atoms with Crippen LogP contribution in [0.4, 0.5) is 0 Å². The smallest absolute Gasteiger partial charge is 0.0287 e. The molecule has 0 radical (unpaired) electrons. The molecule has 27 heavy (non-hydrogen) atoms. The van der Waals surface area contributed by atoms with Gasteiger partial charge in [-0.15, -0.1) is 0 Å². The molecule has 0 unspecified atom stereocenters. The summed E-state index contributed by atoms with van der Waals surface area (Å²) in [5.74, 6) is 0. The molecule has 0 saturated carbocycles. The number of benzene rings is 5. The fraction of sp³-hybridized carbons (Fsp3) is 0. The first-order chi connectivity index (χ1) is 13.3. The maximum Gasteiger partial charge on any atom is 0.0287 e. The number of fused-ring (bicyclic) bond motifs is 2. The van der Waals surface area contributed by atoms with E-state index in [1.54, 1.807) is 0 Å². The summed E-state index contributed by atoms with van der Waals surface area (Å²) in [6, 6.07) is 37.0. The van der Waals surface area contributed by atoms with E-state index in [0.717, 1.165) is 0 Å². The van der Waals surface area contributed by atoms with Crippen molar-refractivity contribution < 1.29 is 0 Å². The van der Waals surface area contributed by atoms with Gasteiger partial charge in [-0.1, -0.05) is 103 Å². The summed E-state index contributed by atoms with van der Waals surface area (Å²) in [6.07, 6.45) is 0. The minimum atomic E-state index is 1.28. The molecular weight excluding hydrogens is 439 g/mol. The normalized spacial score (nSPS) is 11.1. The number of hydrogen-bond donors (Lipinski definition) is 0. The molecule has 5 aromatic carbocycles. The van der Waals surface area contributed by atoms with Crippen molar-refractivity contribution in [3.63, 3.8) is 0 Å². The van der Waals surface area contributed by atoms with Crippen LogP contribution >= 0.6 is 22.6 Å². The van der Waals surface area contributed by atoms with Gasteiger partial charge in [-0.2, -0.15) is 0 Å². The van der Waals surface area contributed by atoms with E-state index in [2.05, 4.69) is 126 Å². The van der Waals surface area contributed by atoms with Crippen LogP contribution in [0, 0.1) is 3.57 Å². The molecular formula is C26H17I. The predicted molar refractivity (Wildman–Crippen MR) is 125 cm³/mol. The molecule has 0 amide bonds. The molecule has 0 heterocycles. The lowest BCUT2D eigenvalue weighted by atomic mass is 9.93. The van der Waals surface area contributed by atoms with Crippen molar-refractivity contribution in [2.45, 2.75) is 0 Å². The Labute approximate surface area is 172 Å². The van der Waals surface area contributed by atoms with Gasteiger partial charge in [0.05, 0.1) is 0 Å². The van der Waals surface area contributed by atoms with Gasteiger partial charge in [0.2, 0.25) is 0 Å². The van der Waals surface area contributed by atoms with Crippen LogP contribution in [0.3, 0.4) is 0 Å². The maximum atomic E-state index is 2.51. The maximum absolute atomic E-state index is 2.51. The second-order valence-electron chi connectivity index (χ2n) is 6.72. The van der Waals surface area contributed by atoms with E-state index >= 15 is 0 Å². The molecule has 0 aromatic heterocycles. The monoisotopic (exact) mass is 456 g/mol. The Balaban J connectivity index is 1.78. The van der Waals surface area contributed by atoms with Crippen molar-refractivity contribution in [2.24, 2.45) is 0 Å². The van der Waals surface area contributed by atoms with Gasteiger partial charge in [-0.25, -0.2) is 0 Å². The molecule has 0 atom stereocenters. The van der Waals surface area contributed by atoms with Crippen molar-refractivity contribution in [1.29, 1.82) is 0 Å². The van der Waals surface area contributed by atoms with Gasteiger partial charge in [0.1, 0.15) is 0 Å². The molecule has 5 rings (SSSR count). The zero-order valence-corrected chi connectivity index (χ0v) is 16.9. The zero-order chi connectivity index (χ0) is 18.2. The molecule has 0 bridgehead atoms. The van der Waals surface area contributed by atoms with E-state index in [9.17, 15) is 0 Å². The van der Waals surface area contributed by atoms with Crippen molar-refractivity contribution in [3.8, 4) is 22.3 Å². The van der Waals surface area contributed by atoms with Crippen molar-refractivity contribution in [1.82, 2.24) is 0 Å². The lowest BCUT2D eigenvalue weighted by Crippen LogP contribution is -1.90. The van der Waals surface area contributed by atoms with Crippen LogP contribution in [0.2, 0.25) is 0 Å². The minimum absolute atomic E-state index is 1.28. The highest BCUT2D eigenvalue weighted by Gasteiger charge is 2.13. The average molecular weight is 456 g/mol. The number of hydrogen-bond acceptors (Lipinski definition) is 0. The Hall–Kier alpha value is -2.65. The van der Waals surface area contributed by atoms with Gasteiger partial charge in [-0.3, -0.25) is 0 Å².